The van der Waals surface area contributed by atoms with Gasteiger partial charge in [0.2, 0.25) is 0 Å². The van der Waals surface area contributed by atoms with Gasteiger partial charge in [-0.15, -0.1) is 0 Å². The molecule has 0 amide bonds. The Morgan fingerprint density at radius 2 is 1.62 bits per heavy atom. The van der Waals surface area contributed by atoms with E-state index in [0.29, 0.717) is 18.3 Å². The van der Waals surface area contributed by atoms with Gasteiger partial charge in [-0.05, 0) is 54.7 Å². The normalized spacial score (nSPS) is 14.3. The third-order valence-electron chi connectivity index (χ3n) is 4.72. The third kappa shape index (κ3) is 6.77. The van der Waals surface area contributed by atoms with E-state index in [4.69, 9.17) is 4.74 Å². The molecule has 0 spiro atoms. The fourth-order valence-corrected chi connectivity index (χ4v) is 2.83. The van der Waals surface area contributed by atoms with Gasteiger partial charge in [0.15, 0.2) is 0 Å². The lowest BCUT2D eigenvalue weighted by Crippen LogP contribution is -2.18. The molecule has 1 N–H and O–H groups in total. The number of allylic oxidation sites excluding steroid dienone is 2. The summed E-state index contributed by atoms with van der Waals surface area (Å²) in [5.41, 5.74) is 1.31. The van der Waals surface area contributed by atoms with Crippen LogP contribution in [0.3, 0.4) is 0 Å². The summed E-state index contributed by atoms with van der Waals surface area (Å²) < 4.78 is 5.20. The largest absolute Gasteiger partial charge is 0.497 e. The number of rotatable bonds is 10. The first-order valence-electron chi connectivity index (χ1n) is 8.85. The van der Waals surface area contributed by atoms with Crippen molar-refractivity contribution in [3.63, 3.8) is 0 Å². The Hall–Kier alpha value is -1.77. The van der Waals surface area contributed by atoms with Gasteiger partial charge in [-0.2, -0.15) is 0 Å². The minimum Gasteiger partial charge on any atom is -0.497 e. The Labute approximate surface area is 146 Å². The summed E-state index contributed by atoms with van der Waals surface area (Å²) in [6.45, 7) is 8.42. The number of hydrogen-bond acceptors (Lipinski definition) is 2. The lowest BCUT2D eigenvalue weighted by Gasteiger charge is -2.20. The Bertz CT molecular complexity index is 514. The molecule has 0 heterocycles. The summed E-state index contributed by atoms with van der Waals surface area (Å²) >= 11 is 0. The summed E-state index contributed by atoms with van der Waals surface area (Å²) in [6.07, 6.45) is 6.82. The molecule has 1 rings (SSSR count). The molecule has 2 atom stereocenters. The van der Waals surface area contributed by atoms with Crippen molar-refractivity contribution >= 4 is 5.97 Å². The molecule has 134 valence electrons. The molecule has 0 radical (unpaired) electrons. The van der Waals surface area contributed by atoms with Crippen molar-refractivity contribution in [2.45, 2.75) is 47.0 Å². The van der Waals surface area contributed by atoms with Crippen LogP contribution in [0.2, 0.25) is 0 Å². The van der Waals surface area contributed by atoms with Gasteiger partial charge in [0.1, 0.15) is 5.75 Å². The molecule has 1 unspecified atom stereocenters. The van der Waals surface area contributed by atoms with Gasteiger partial charge in [0.05, 0.1) is 13.0 Å². The minimum absolute atomic E-state index is 0.160. The van der Waals surface area contributed by atoms with Crippen molar-refractivity contribution in [1.29, 1.82) is 0 Å². The first-order chi connectivity index (χ1) is 11.3. The maximum Gasteiger partial charge on any atom is 0.307 e. The van der Waals surface area contributed by atoms with Crippen LogP contribution in [-0.2, 0) is 11.2 Å². The van der Waals surface area contributed by atoms with E-state index < -0.39 is 5.97 Å². The van der Waals surface area contributed by atoms with Crippen molar-refractivity contribution in [1.82, 2.24) is 0 Å². The van der Waals surface area contributed by atoms with Crippen LogP contribution in [-0.4, -0.2) is 18.2 Å². The molecule has 0 aromatic heterocycles. The first kappa shape index (κ1) is 20.3. The van der Waals surface area contributed by atoms with Crippen molar-refractivity contribution in [3.8, 4) is 5.75 Å². The number of hydrogen-bond donors (Lipinski definition) is 1. The number of methoxy groups -OCH3 is 1. The van der Waals surface area contributed by atoms with Crippen LogP contribution in [0.1, 0.15) is 46.1 Å². The molecule has 0 bridgehead atoms. The molecule has 1 aromatic carbocycles. The Kier molecular flexibility index (Phi) is 8.59. The Morgan fingerprint density at radius 1 is 1.04 bits per heavy atom. The maximum atomic E-state index is 11.2. The van der Waals surface area contributed by atoms with Gasteiger partial charge in [0.25, 0.3) is 0 Å². The summed E-state index contributed by atoms with van der Waals surface area (Å²) in [4.78, 5) is 11.2. The molecule has 1 aromatic rings. The quantitative estimate of drug-likeness (QED) is 0.599. The SMILES string of the molecule is COc1ccc(CC(C/C=C/C[C@H](C(=O)O)C(C)C)C(C)C)cc1. The molecule has 0 fully saturated rings. The van der Waals surface area contributed by atoms with E-state index in [2.05, 4.69) is 32.1 Å². The van der Waals surface area contributed by atoms with E-state index in [-0.39, 0.29) is 11.8 Å². The monoisotopic (exact) mass is 332 g/mol. The zero-order valence-corrected chi connectivity index (χ0v) is 15.7. The molecule has 3 heteroatoms. The van der Waals surface area contributed by atoms with Crippen molar-refractivity contribution in [2.24, 2.45) is 23.7 Å². The van der Waals surface area contributed by atoms with E-state index in [1.54, 1.807) is 7.11 Å². The summed E-state index contributed by atoms with van der Waals surface area (Å²) in [7, 11) is 1.68. The fourth-order valence-electron chi connectivity index (χ4n) is 2.83. The smallest absolute Gasteiger partial charge is 0.307 e. The van der Waals surface area contributed by atoms with Crippen LogP contribution < -0.4 is 4.74 Å². The number of carboxylic acid groups (broad SMARTS) is 1. The van der Waals surface area contributed by atoms with Crippen LogP contribution in [0.5, 0.6) is 5.75 Å². The zero-order valence-electron chi connectivity index (χ0n) is 15.7. The third-order valence-corrected chi connectivity index (χ3v) is 4.72. The van der Waals surface area contributed by atoms with Crippen molar-refractivity contribution in [2.75, 3.05) is 7.11 Å². The average Bonchev–Trinajstić information content (AvgIpc) is 2.53. The van der Waals surface area contributed by atoms with Gasteiger partial charge in [-0.1, -0.05) is 52.0 Å². The van der Waals surface area contributed by atoms with Crippen LogP contribution in [0.15, 0.2) is 36.4 Å². The highest BCUT2D eigenvalue weighted by molar-refractivity contribution is 5.70. The van der Waals surface area contributed by atoms with Gasteiger partial charge in [-0.3, -0.25) is 4.79 Å². The molecule has 0 aliphatic heterocycles. The number of ether oxygens (including phenoxy) is 1. The van der Waals surface area contributed by atoms with Crippen LogP contribution in [0, 0.1) is 23.7 Å². The molecule has 0 saturated heterocycles. The number of aliphatic carboxylic acids is 1. The van der Waals surface area contributed by atoms with Crippen LogP contribution in [0.4, 0.5) is 0 Å². The van der Waals surface area contributed by atoms with Crippen molar-refractivity contribution < 1.29 is 14.6 Å². The Balaban J connectivity index is 2.59. The maximum absolute atomic E-state index is 11.2. The molecule has 3 nitrogen and oxygen atoms in total. The van der Waals surface area contributed by atoms with Crippen molar-refractivity contribution in [3.05, 3.63) is 42.0 Å². The van der Waals surface area contributed by atoms with Crippen LogP contribution in [0.25, 0.3) is 0 Å². The number of benzene rings is 1. The second-order valence-corrected chi connectivity index (χ2v) is 7.19. The van der Waals surface area contributed by atoms with E-state index >= 15 is 0 Å². The molecular formula is C21H32O3. The van der Waals surface area contributed by atoms with E-state index in [1.165, 1.54) is 5.56 Å². The predicted octanol–water partition coefficient (Wildman–Crippen LogP) is 5.20. The zero-order chi connectivity index (χ0) is 18.1. The lowest BCUT2D eigenvalue weighted by molar-refractivity contribution is -0.143. The minimum atomic E-state index is -0.701. The molecule has 0 aliphatic carbocycles. The van der Waals surface area contributed by atoms with Gasteiger partial charge >= 0.3 is 5.97 Å². The molecular weight excluding hydrogens is 300 g/mol. The fraction of sp³-hybridized carbons (Fsp3) is 0.571. The van der Waals surface area contributed by atoms with E-state index in [0.717, 1.165) is 18.6 Å². The second-order valence-electron chi connectivity index (χ2n) is 7.19. The van der Waals surface area contributed by atoms with Crippen LogP contribution >= 0.6 is 0 Å². The van der Waals surface area contributed by atoms with Gasteiger partial charge in [-0.25, -0.2) is 0 Å². The standard InChI is InChI=1S/C21H32O3/c1-15(2)18(14-17-10-12-19(24-5)13-11-17)8-6-7-9-20(16(3)4)21(22)23/h6-7,10-13,15-16,18,20H,8-9,14H2,1-5H3,(H,22,23)/b7-6+/t18?,20-/m0/s1. The molecule has 0 saturated carbocycles. The number of carbonyl (C=O) groups is 1. The van der Waals surface area contributed by atoms with Gasteiger partial charge < -0.3 is 9.84 Å². The van der Waals surface area contributed by atoms with E-state index in [1.807, 2.05) is 32.1 Å². The average molecular weight is 332 g/mol. The molecule has 24 heavy (non-hydrogen) atoms. The first-order valence-corrected chi connectivity index (χ1v) is 8.85. The topological polar surface area (TPSA) is 46.5 Å². The summed E-state index contributed by atoms with van der Waals surface area (Å²) in [5.74, 6) is 1.18. The Morgan fingerprint density at radius 3 is 2.08 bits per heavy atom. The second kappa shape index (κ2) is 10.2. The van der Waals surface area contributed by atoms with E-state index in [9.17, 15) is 9.90 Å². The summed E-state index contributed by atoms with van der Waals surface area (Å²) in [6, 6.07) is 8.25. The lowest BCUT2D eigenvalue weighted by atomic mass is 9.86. The van der Waals surface area contributed by atoms with Gasteiger partial charge in [0, 0.05) is 0 Å². The predicted molar refractivity (Wildman–Crippen MR) is 99.4 cm³/mol. The highest BCUT2D eigenvalue weighted by Crippen LogP contribution is 2.23. The molecule has 0 aliphatic rings. The number of carboxylic acids is 1. The summed E-state index contributed by atoms with van der Waals surface area (Å²) in [5, 5.41) is 9.23. The highest BCUT2D eigenvalue weighted by atomic mass is 16.5. The highest BCUT2D eigenvalue weighted by Gasteiger charge is 2.19.